The van der Waals surface area contributed by atoms with Crippen LogP contribution in [0.1, 0.15) is 5.56 Å². The summed E-state index contributed by atoms with van der Waals surface area (Å²) in [6, 6.07) is 6.61. The molecule has 8 heteroatoms. The van der Waals surface area contributed by atoms with Crippen LogP contribution in [0.2, 0.25) is 0 Å². The Labute approximate surface area is 141 Å². The highest BCUT2D eigenvalue weighted by atomic mass is 32.2. The molecule has 0 amide bonds. The molecule has 1 aliphatic heterocycles. The van der Waals surface area contributed by atoms with Gasteiger partial charge in [-0.1, -0.05) is 12.7 Å². The predicted molar refractivity (Wildman–Crippen MR) is 93.5 cm³/mol. The van der Waals surface area contributed by atoms with Gasteiger partial charge in [-0.2, -0.15) is 4.31 Å². The van der Waals surface area contributed by atoms with E-state index in [4.69, 9.17) is 0 Å². The van der Waals surface area contributed by atoms with Crippen LogP contribution in [0.25, 0.3) is 6.08 Å². The lowest BCUT2D eigenvalue weighted by Crippen LogP contribution is -2.46. The average Bonchev–Trinajstić information content (AvgIpc) is 2.63. The molecule has 2 heterocycles. The zero-order valence-electron chi connectivity index (χ0n) is 13.1. The highest BCUT2D eigenvalue weighted by Gasteiger charge is 2.25. The van der Waals surface area contributed by atoms with E-state index in [2.05, 4.69) is 27.2 Å². The highest BCUT2D eigenvalue weighted by molar-refractivity contribution is 7.89. The van der Waals surface area contributed by atoms with Crippen LogP contribution < -0.4 is 10.6 Å². The molecule has 2 N–H and O–H groups in total. The molecule has 1 aliphatic rings. The smallest absolute Gasteiger partial charge is 0.243 e. The number of aromatic nitrogens is 2. The number of hydrogen-bond acceptors (Lipinski definition) is 6. The number of hydrogen-bond donors (Lipinski definition) is 2. The van der Waals surface area contributed by atoms with Crippen LogP contribution in [0, 0.1) is 0 Å². The van der Waals surface area contributed by atoms with E-state index < -0.39 is 10.0 Å². The van der Waals surface area contributed by atoms with Gasteiger partial charge in [-0.15, -0.1) is 0 Å². The first-order chi connectivity index (χ1) is 11.6. The van der Waals surface area contributed by atoms with Crippen molar-refractivity contribution in [3.63, 3.8) is 0 Å². The molecule has 0 unspecified atom stereocenters. The minimum Gasteiger partial charge on any atom is -0.324 e. The first kappa shape index (κ1) is 16.6. The number of rotatable bonds is 5. The van der Waals surface area contributed by atoms with E-state index in [9.17, 15) is 8.42 Å². The molecule has 0 spiro atoms. The number of nitrogens with zero attached hydrogens (tertiary/aromatic N) is 3. The van der Waals surface area contributed by atoms with Gasteiger partial charge in [-0.05, 0) is 24.3 Å². The van der Waals surface area contributed by atoms with Gasteiger partial charge in [0.25, 0.3) is 0 Å². The van der Waals surface area contributed by atoms with E-state index in [1.165, 1.54) is 4.31 Å². The van der Waals surface area contributed by atoms with Gasteiger partial charge in [0.1, 0.15) is 0 Å². The summed E-state index contributed by atoms with van der Waals surface area (Å²) in [4.78, 5) is 8.61. The van der Waals surface area contributed by atoms with E-state index in [1.54, 1.807) is 42.7 Å². The minimum atomic E-state index is -3.44. The lowest BCUT2D eigenvalue weighted by Gasteiger charge is -2.26. The maximum absolute atomic E-state index is 12.6. The number of anilines is 2. The van der Waals surface area contributed by atoms with Crippen molar-refractivity contribution in [2.24, 2.45) is 0 Å². The van der Waals surface area contributed by atoms with Crippen molar-refractivity contribution in [1.29, 1.82) is 0 Å². The van der Waals surface area contributed by atoms with E-state index in [-0.39, 0.29) is 4.90 Å². The molecule has 0 bridgehead atoms. The Balaban J connectivity index is 1.73. The maximum Gasteiger partial charge on any atom is 0.243 e. The molecule has 0 aliphatic carbocycles. The third-order valence-electron chi connectivity index (χ3n) is 3.73. The number of nitrogens with one attached hydrogen (secondary N) is 2. The van der Waals surface area contributed by atoms with Crippen LogP contribution in [-0.4, -0.2) is 48.9 Å². The van der Waals surface area contributed by atoms with Crippen LogP contribution in [-0.2, 0) is 10.0 Å². The zero-order chi connectivity index (χ0) is 17.0. The summed E-state index contributed by atoms with van der Waals surface area (Å²) in [5.41, 5.74) is 1.55. The van der Waals surface area contributed by atoms with Crippen LogP contribution >= 0.6 is 0 Å². The maximum atomic E-state index is 12.6. The Bertz CT molecular complexity index is 797. The van der Waals surface area contributed by atoms with Crippen molar-refractivity contribution >= 4 is 27.7 Å². The fourth-order valence-electron chi connectivity index (χ4n) is 2.38. The summed E-state index contributed by atoms with van der Waals surface area (Å²) >= 11 is 0. The first-order valence-electron chi connectivity index (χ1n) is 7.62. The summed E-state index contributed by atoms with van der Waals surface area (Å²) in [5.74, 6) is 0.443. The third kappa shape index (κ3) is 3.61. The fourth-order valence-corrected chi connectivity index (χ4v) is 3.82. The minimum absolute atomic E-state index is 0.290. The van der Waals surface area contributed by atoms with Gasteiger partial charge >= 0.3 is 0 Å². The van der Waals surface area contributed by atoms with Crippen LogP contribution in [0.3, 0.4) is 0 Å². The van der Waals surface area contributed by atoms with Gasteiger partial charge in [0.05, 0.1) is 4.90 Å². The molecule has 0 saturated carbocycles. The molecule has 24 heavy (non-hydrogen) atoms. The Morgan fingerprint density at radius 1 is 1.12 bits per heavy atom. The topological polar surface area (TPSA) is 87.2 Å². The van der Waals surface area contributed by atoms with Gasteiger partial charge in [-0.25, -0.2) is 18.4 Å². The molecule has 2 aromatic rings. The molecule has 7 nitrogen and oxygen atoms in total. The van der Waals surface area contributed by atoms with Crippen LogP contribution in [0.4, 0.5) is 11.6 Å². The Morgan fingerprint density at radius 2 is 1.75 bits per heavy atom. The molecule has 0 radical (unpaired) electrons. The molecule has 1 aromatic carbocycles. The molecule has 126 valence electrons. The number of benzene rings is 1. The summed E-state index contributed by atoms with van der Waals surface area (Å²) in [7, 11) is -3.44. The second-order valence-electron chi connectivity index (χ2n) is 5.35. The molecular formula is C16H19N5O2S. The molecule has 1 aromatic heterocycles. The molecule has 1 saturated heterocycles. The number of sulfonamides is 1. The van der Waals surface area contributed by atoms with Crippen molar-refractivity contribution in [2.45, 2.75) is 4.90 Å². The van der Waals surface area contributed by atoms with Gasteiger partial charge < -0.3 is 10.6 Å². The average molecular weight is 345 g/mol. The van der Waals surface area contributed by atoms with E-state index in [0.717, 1.165) is 11.3 Å². The van der Waals surface area contributed by atoms with Gasteiger partial charge in [0.2, 0.25) is 16.0 Å². The Hall–Kier alpha value is -2.29. The van der Waals surface area contributed by atoms with Crippen molar-refractivity contribution in [3.8, 4) is 0 Å². The second-order valence-corrected chi connectivity index (χ2v) is 7.29. The molecule has 0 atom stereocenters. The van der Waals surface area contributed by atoms with Crippen molar-refractivity contribution in [3.05, 3.63) is 48.8 Å². The van der Waals surface area contributed by atoms with Gasteiger partial charge in [0, 0.05) is 49.8 Å². The van der Waals surface area contributed by atoms with E-state index in [0.29, 0.717) is 32.1 Å². The standard InChI is InChI=1S/C16H19N5O2S/c1-2-13-11-18-16(19-12-13)20-14-3-5-15(6-4-14)24(22,23)21-9-7-17-8-10-21/h2-6,11-12,17H,1,7-10H2,(H,18,19,20). The summed E-state index contributed by atoms with van der Waals surface area (Å²) in [5, 5.41) is 6.19. The highest BCUT2D eigenvalue weighted by Crippen LogP contribution is 2.20. The van der Waals surface area contributed by atoms with Crippen molar-refractivity contribution < 1.29 is 8.42 Å². The van der Waals surface area contributed by atoms with Gasteiger partial charge in [0.15, 0.2) is 0 Å². The lowest BCUT2D eigenvalue weighted by molar-refractivity contribution is 0.360. The van der Waals surface area contributed by atoms with Gasteiger partial charge in [-0.3, -0.25) is 0 Å². The number of piperazine rings is 1. The Morgan fingerprint density at radius 3 is 2.33 bits per heavy atom. The molecule has 1 fully saturated rings. The van der Waals surface area contributed by atoms with E-state index in [1.807, 2.05) is 0 Å². The molecular weight excluding hydrogens is 326 g/mol. The monoisotopic (exact) mass is 345 g/mol. The van der Waals surface area contributed by atoms with Crippen molar-refractivity contribution in [1.82, 2.24) is 19.6 Å². The third-order valence-corrected chi connectivity index (χ3v) is 5.64. The summed E-state index contributed by atoms with van der Waals surface area (Å²) in [6.07, 6.45) is 4.98. The summed E-state index contributed by atoms with van der Waals surface area (Å²) < 4.78 is 26.6. The zero-order valence-corrected chi connectivity index (χ0v) is 14.0. The quantitative estimate of drug-likeness (QED) is 0.853. The van der Waals surface area contributed by atoms with Crippen LogP contribution in [0.15, 0.2) is 48.1 Å². The fraction of sp³-hybridized carbons (Fsp3) is 0.250. The predicted octanol–water partition coefficient (Wildman–Crippen LogP) is 1.46. The van der Waals surface area contributed by atoms with Crippen molar-refractivity contribution in [2.75, 3.05) is 31.5 Å². The normalized spacial score (nSPS) is 15.8. The van der Waals surface area contributed by atoms with Crippen LogP contribution in [0.5, 0.6) is 0 Å². The Kier molecular flexibility index (Phi) is 4.89. The lowest BCUT2D eigenvalue weighted by atomic mass is 10.3. The largest absolute Gasteiger partial charge is 0.324 e. The SMILES string of the molecule is C=Cc1cnc(Nc2ccc(S(=O)(=O)N3CCNCC3)cc2)nc1. The van der Waals surface area contributed by atoms with E-state index >= 15 is 0 Å². The second kappa shape index (κ2) is 7.08. The summed E-state index contributed by atoms with van der Waals surface area (Å²) in [6.45, 7) is 5.99. The molecule has 3 rings (SSSR count). The first-order valence-corrected chi connectivity index (χ1v) is 9.06.